The number of aromatic nitrogens is 3. The van der Waals surface area contributed by atoms with Gasteiger partial charge in [-0.25, -0.2) is 9.78 Å². The molecule has 1 saturated carbocycles. The van der Waals surface area contributed by atoms with Crippen molar-refractivity contribution in [2.75, 3.05) is 6.54 Å². The Balaban J connectivity index is 1.90. The molecule has 162 valence electrons. The van der Waals surface area contributed by atoms with Crippen molar-refractivity contribution >= 4 is 16.9 Å². The van der Waals surface area contributed by atoms with Gasteiger partial charge in [0, 0.05) is 26.6 Å². The van der Waals surface area contributed by atoms with Gasteiger partial charge in [0.25, 0.3) is 5.56 Å². The standard InChI is InChI=1S/C20H23F3N4O3/c1-25-16-15(18(29)26(2)19(25)30)12(20(21,22)23)10-13(24-16)14-8-5-9-27(14)17(28)11-6-3-4-7-11/h10-11,14H,3-9H2,1-2H3/t14-/m0/s1. The van der Waals surface area contributed by atoms with Gasteiger partial charge in [0.15, 0.2) is 0 Å². The summed E-state index contributed by atoms with van der Waals surface area (Å²) >= 11 is 0. The van der Waals surface area contributed by atoms with Gasteiger partial charge in [-0.05, 0) is 31.7 Å². The van der Waals surface area contributed by atoms with Gasteiger partial charge in [-0.3, -0.25) is 18.7 Å². The van der Waals surface area contributed by atoms with E-state index in [0.717, 1.165) is 43.4 Å². The van der Waals surface area contributed by atoms with Crippen LogP contribution in [0.4, 0.5) is 13.2 Å². The van der Waals surface area contributed by atoms with Crippen molar-refractivity contribution in [1.29, 1.82) is 0 Å². The molecule has 1 atom stereocenters. The molecule has 1 saturated heterocycles. The summed E-state index contributed by atoms with van der Waals surface area (Å²) in [5.74, 6) is -0.131. The molecule has 0 spiro atoms. The molecule has 0 radical (unpaired) electrons. The largest absolute Gasteiger partial charge is 0.417 e. The van der Waals surface area contributed by atoms with Gasteiger partial charge in [0.05, 0.1) is 22.7 Å². The quantitative estimate of drug-likeness (QED) is 0.742. The summed E-state index contributed by atoms with van der Waals surface area (Å²) in [6.45, 7) is 0.469. The van der Waals surface area contributed by atoms with E-state index in [1.54, 1.807) is 4.90 Å². The highest BCUT2D eigenvalue weighted by Gasteiger charge is 2.40. The number of rotatable bonds is 2. The molecular formula is C20H23F3N4O3. The summed E-state index contributed by atoms with van der Waals surface area (Å²) in [5.41, 5.74) is -3.16. The second-order valence-corrected chi connectivity index (χ2v) is 8.17. The van der Waals surface area contributed by atoms with Crippen LogP contribution < -0.4 is 11.2 Å². The third-order valence-electron chi connectivity index (χ3n) is 6.32. The maximum absolute atomic E-state index is 13.9. The van der Waals surface area contributed by atoms with E-state index in [1.807, 2.05) is 0 Å². The zero-order valence-corrected chi connectivity index (χ0v) is 16.8. The van der Waals surface area contributed by atoms with E-state index in [4.69, 9.17) is 0 Å². The smallest absolute Gasteiger partial charge is 0.334 e. The zero-order chi connectivity index (χ0) is 21.8. The highest BCUT2D eigenvalue weighted by molar-refractivity contribution is 5.81. The van der Waals surface area contributed by atoms with Crippen LogP contribution >= 0.6 is 0 Å². The maximum Gasteiger partial charge on any atom is 0.417 e. The molecule has 1 amide bonds. The number of aryl methyl sites for hydroxylation is 1. The van der Waals surface area contributed by atoms with Crippen molar-refractivity contribution < 1.29 is 18.0 Å². The Labute approximate surface area is 170 Å². The first kappa shape index (κ1) is 20.6. The summed E-state index contributed by atoms with van der Waals surface area (Å²) < 4.78 is 43.3. The monoisotopic (exact) mass is 424 g/mol. The van der Waals surface area contributed by atoms with Crippen molar-refractivity contribution in [3.05, 3.63) is 38.2 Å². The normalized spacial score (nSPS) is 20.4. The average Bonchev–Trinajstić information content (AvgIpc) is 3.40. The van der Waals surface area contributed by atoms with Crippen LogP contribution in [-0.4, -0.2) is 31.5 Å². The highest BCUT2D eigenvalue weighted by atomic mass is 19.4. The molecule has 10 heteroatoms. The number of nitrogens with zero attached hydrogens (tertiary/aromatic N) is 4. The first-order valence-corrected chi connectivity index (χ1v) is 10.1. The Morgan fingerprint density at radius 1 is 1.07 bits per heavy atom. The average molecular weight is 424 g/mol. The molecule has 7 nitrogen and oxygen atoms in total. The van der Waals surface area contributed by atoms with Gasteiger partial charge >= 0.3 is 11.9 Å². The Bertz CT molecular complexity index is 1130. The molecule has 30 heavy (non-hydrogen) atoms. The SMILES string of the molecule is Cn1c(=O)c2c(C(F)(F)F)cc([C@@H]3CCCN3C(=O)C3CCCC3)nc2n(C)c1=O. The van der Waals surface area contributed by atoms with Crippen LogP contribution in [0.25, 0.3) is 11.0 Å². The summed E-state index contributed by atoms with van der Waals surface area (Å²) in [6, 6.07) is 0.279. The summed E-state index contributed by atoms with van der Waals surface area (Å²) in [7, 11) is 2.42. The van der Waals surface area contributed by atoms with E-state index in [-0.39, 0.29) is 23.2 Å². The van der Waals surface area contributed by atoms with Crippen LogP contribution in [0.3, 0.4) is 0 Å². The zero-order valence-electron chi connectivity index (χ0n) is 16.8. The van der Waals surface area contributed by atoms with E-state index in [9.17, 15) is 27.6 Å². The fourth-order valence-electron chi connectivity index (χ4n) is 4.71. The van der Waals surface area contributed by atoms with E-state index < -0.39 is 34.4 Å². The molecule has 2 aromatic rings. The van der Waals surface area contributed by atoms with Gasteiger partial charge in [-0.2, -0.15) is 13.2 Å². The molecule has 1 aliphatic carbocycles. The number of carbonyl (C=O) groups is 1. The van der Waals surface area contributed by atoms with Crippen LogP contribution in [-0.2, 0) is 25.1 Å². The number of amides is 1. The van der Waals surface area contributed by atoms with Crippen molar-refractivity contribution in [2.24, 2.45) is 20.0 Å². The second kappa shape index (κ2) is 7.24. The minimum absolute atomic E-state index is 0.0386. The van der Waals surface area contributed by atoms with Crippen molar-refractivity contribution in [3.63, 3.8) is 0 Å². The van der Waals surface area contributed by atoms with Gasteiger partial charge < -0.3 is 4.90 Å². The molecule has 3 heterocycles. The van der Waals surface area contributed by atoms with Crippen molar-refractivity contribution in [3.8, 4) is 0 Å². The second-order valence-electron chi connectivity index (χ2n) is 8.17. The number of fused-ring (bicyclic) bond motifs is 1. The third kappa shape index (κ3) is 3.22. The molecule has 0 N–H and O–H groups in total. The Hall–Kier alpha value is -2.65. The fraction of sp³-hybridized carbons (Fsp3) is 0.600. The van der Waals surface area contributed by atoms with Crippen LogP contribution in [0.15, 0.2) is 15.7 Å². The summed E-state index contributed by atoms with van der Waals surface area (Å²) in [5, 5.41) is -0.637. The first-order chi connectivity index (χ1) is 14.1. The molecule has 4 rings (SSSR count). The summed E-state index contributed by atoms with van der Waals surface area (Å²) in [4.78, 5) is 43.7. The molecule has 2 aromatic heterocycles. The van der Waals surface area contributed by atoms with E-state index in [0.29, 0.717) is 24.0 Å². The molecular weight excluding hydrogens is 401 g/mol. The number of alkyl halides is 3. The van der Waals surface area contributed by atoms with Crippen molar-refractivity contribution in [2.45, 2.75) is 50.7 Å². The topological polar surface area (TPSA) is 77.2 Å². The number of likely N-dealkylation sites (tertiary alicyclic amines) is 1. The lowest BCUT2D eigenvalue weighted by molar-refractivity contribution is -0.136. The molecule has 2 aliphatic rings. The predicted molar refractivity (Wildman–Crippen MR) is 103 cm³/mol. The molecule has 0 aromatic carbocycles. The van der Waals surface area contributed by atoms with E-state index >= 15 is 0 Å². The number of halogens is 3. The number of hydrogen-bond acceptors (Lipinski definition) is 4. The lowest BCUT2D eigenvalue weighted by Gasteiger charge is -2.28. The lowest BCUT2D eigenvalue weighted by Crippen LogP contribution is -2.39. The van der Waals surface area contributed by atoms with Crippen LogP contribution in [0.1, 0.15) is 55.8 Å². The Kier molecular flexibility index (Phi) is 4.98. The Morgan fingerprint density at radius 3 is 2.37 bits per heavy atom. The van der Waals surface area contributed by atoms with Crippen LogP contribution in [0, 0.1) is 5.92 Å². The number of pyridine rings is 1. The minimum atomic E-state index is -4.81. The first-order valence-electron chi connectivity index (χ1n) is 10.1. The molecule has 0 bridgehead atoms. The Morgan fingerprint density at radius 2 is 1.73 bits per heavy atom. The van der Waals surface area contributed by atoms with Crippen molar-refractivity contribution in [1.82, 2.24) is 19.0 Å². The number of hydrogen-bond donors (Lipinski definition) is 0. The summed E-state index contributed by atoms with van der Waals surface area (Å²) in [6.07, 6.45) is -0.0955. The van der Waals surface area contributed by atoms with Crippen LogP contribution in [0.2, 0.25) is 0 Å². The van der Waals surface area contributed by atoms with Gasteiger partial charge in [0.1, 0.15) is 5.65 Å². The predicted octanol–water partition coefficient (Wildman–Crippen LogP) is 2.50. The number of carbonyl (C=O) groups excluding carboxylic acids is 1. The molecule has 0 unspecified atom stereocenters. The third-order valence-corrected chi connectivity index (χ3v) is 6.32. The van der Waals surface area contributed by atoms with E-state index in [2.05, 4.69) is 4.98 Å². The maximum atomic E-state index is 13.9. The minimum Gasteiger partial charge on any atom is -0.334 e. The van der Waals surface area contributed by atoms with E-state index in [1.165, 1.54) is 7.05 Å². The van der Waals surface area contributed by atoms with Gasteiger partial charge in [-0.1, -0.05) is 12.8 Å². The van der Waals surface area contributed by atoms with Crippen LogP contribution in [0.5, 0.6) is 0 Å². The lowest BCUT2D eigenvalue weighted by atomic mass is 10.0. The van der Waals surface area contributed by atoms with Gasteiger partial charge in [0.2, 0.25) is 5.91 Å². The molecule has 2 fully saturated rings. The molecule has 1 aliphatic heterocycles. The highest BCUT2D eigenvalue weighted by Crippen LogP contribution is 2.39. The fourth-order valence-corrected chi connectivity index (χ4v) is 4.71. The van der Waals surface area contributed by atoms with Gasteiger partial charge in [-0.15, -0.1) is 0 Å².